The van der Waals surface area contributed by atoms with E-state index in [2.05, 4.69) is 22.5 Å². The van der Waals surface area contributed by atoms with E-state index in [1.165, 1.54) is 22.6 Å². The van der Waals surface area contributed by atoms with Gasteiger partial charge in [0.15, 0.2) is 0 Å². The Balaban J connectivity index is 1.61. The van der Waals surface area contributed by atoms with Crippen molar-refractivity contribution in [2.75, 3.05) is 0 Å². The van der Waals surface area contributed by atoms with Gasteiger partial charge in [-0.15, -0.1) is 11.3 Å². The Morgan fingerprint density at radius 2 is 2.22 bits per heavy atom. The lowest BCUT2D eigenvalue weighted by atomic mass is 10.4. The molecule has 5 heteroatoms. The highest BCUT2D eigenvalue weighted by molar-refractivity contribution is 7.11. The summed E-state index contributed by atoms with van der Waals surface area (Å²) in [6, 6.07) is 5.15. The van der Waals surface area contributed by atoms with Crippen LogP contribution in [0.2, 0.25) is 5.02 Å². The molecule has 96 valence electrons. The molecule has 2 heterocycles. The van der Waals surface area contributed by atoms with Crippen molar-refractivity contribution in [3.8, 4) is 0 Å². The summed E-state index contributed by atoms with van der Waals surface area (Å²) in [6.45, 7) is 3.73. The van der Waals surface area contributed by atoms with Crippen LogP contribution in [0.4, 0.5) is 0 Å². The topological polar surface area (TPSA) is 29.9 Å². The Kier molecular flexibility index (Phi) is 3.41. The highest BCUT2D eigenvalue weighted by Crippen LogP contribution is 2.22. The summed E-state index contributed by atoms with van der Waals surface area (Å²) in [5.74, 6) is 0. The van der Waals surface area contributed by atoms with Crippen LogP contribution in [-0.4, -0.2) is 15.8 Å². The zero-order valence-corrected chi connectivity index (χ0v) is 11.9. The molecule has 3 rings (SSSR count). The van der Waals surface area contributed by atoms with Crippen LogP contribution in [0.5, 0.6) is 0 Å². The van der Waals surface area contributed by atoms with Gasteiger partial charge in [0.05, 0.1) is 17.3 Å². The first kappa shape index (κ1) is 12.2. The summed E-state index contributed by atoms with van der Waals surface area (Å²) >= 11 is 7.85. The fourth-order valence-electron chi connectivity index (χ4n) is 1.87. The van der Waals surface area contributed by atoms with Crippen molar-refractivity contribution in [1.82, 2.24) is 15.1 Å². The lowest BCUT2D eigenvalue weighted by Crippen LogP contribution is -2.14. The molecule has 0 bridgehead atoms. The molecule has 0 spiro atoms. The Bertz CT molecular complexity index is 523. The Hall–Kier alpha value is -0.840. The zero-order chi connectivity index (χ0) is 12.5. The van der Waals surface area contributed by atoms with Gasteiger partial charge in [0.2, 0.25) is 0 Å². The fourth-order valence-corrected chi connectivity index (χ4v) is 2.98. The van der Waals surface area contributed by atoms with E-state index >= 15 is 0 Å². The molecule has 0 unspecified atom stereocenters. The van der Waals surface area contributed by atoms with Crippen molar-refractivity contribution >= 4 is 22.9 Å². The minimum atomic E-state index is 0.738. The third-order valence-corrected chi connectivity index (χ3v) is 4.50. The maximum absolute atomic E-state index is 6.00. The molecule has 1 saturated carbocycles. The molecular weight excluding hydrogens is 266 g/mol. The monoisotopic (exact) mass is 281 g/mol. The summed E-state index contributed by atoms with van der Waals surface area (Å²) in [7, 11) is 0. The first-order valence-corrected chi connectivity index (χ1v) is 7.40. The number of hydrogen-bond acceptors (Lipinski definition) is 3. The number of aromatic nitrogens is 2. The van der Waals surface area contributed by atoms with E-state index in [1.807, 2.05) is 29.1 Å². The second kappa shape index (κ2) is 5.03. The molecule has 1 aliphatic carbocycles. The summed E-state index contributed by atoms with van der Waals surface area (Å²) in [4.78, 5) is 2.72. The summed E-state index contributed by atoms with van der Waals surface area (Å²) in [5.41, 5.74) is 0.892. The highest BCUT2D eigenvalue weighted by Gasteiger charge is 2.20. The molecule has 1 aliphatic rings. The zero-order valence-electron chi connectivity index (χ0n) is 10.3. The number of nitrogens with one attached hydrogen (secondary N) is 1. The Labute approximate surface area is 116 Å². The molecule has 0 saturated heterocycles. The van der Waals surface area contributed by atoms with Gasteiger partial charge in [0.25, 0.3) is 0 Å². The van der Waals surface area contributed by atoms with Gasteiger partial charge in [-0.3, -0.25) is 4.68 Å². The normalized spacial score (nSPS) is 15.2. The molecule has 3 nitrogen and oxygen atoms in total. The molecule has 1 N–H and O–H groups in total. The van der Waals surface area contributed by atoms with Crippen LogP contribution in [0.25, 0.3) is 0 Å². The predicted octanol–water partition coefficient (Wildman–Crippen LogP) is 3.21. The van der Waals surface area contributed by atoms with Gasteiger partial charge in [-0.2, -0.15) is 5.10 Å². The molecule has 2 aromatic rings. The van der Waals surface area contributed by atoms with E-state index in [9.17, 15) is 0 Å². The van der Waals surface area contributed by atoms with Crippen LogP contribution in [0, 0.1) is 6.92 Å². The Morgan fingerprint density at radius 1 is 1.44 bits per heavy atom. The molecule has 2 aromatic heterocycles. The van der Waals surface area contributed by atoms with Crippen LogP contribution in [0.1, 0.15) is 28.3 Å². The average Bonchev–Trinajstić information content (AvgIpc) is 2.98. The number of hydrogen-bond donors (Lipinski definition) is 1. The molecule has 1 fully saturated rings. The lowest BCUT2D eigenvalue weighted by molar-refractivity contribution is 0.687. The SMILES string of the molecule is Cc1nn(Cc2ccc(CNC3CC3)s2)cc1Cl. The summed E-state index contributed by atoms with van der Waals surface area (Å²) < 4.78 is 1.90. The lowest BCUT2D eigenvalue weighted by Gasteiger charge is -1.99. The van der Waals surface area contributed by atoms with Crippen molar-refractivity contribution in [2.24, 2.45) is 0 Å². The molecule has 0 atom stereocenters. The number of nitrogens with zero attached hydrogens (tertiary/aromatic N) is 2. The minimum absolute atomic E-state index is 0.738. The van der Waals surface area contributed by atoms with Crippen molar-refractivity contribution in [2.45, 2.75) is 38.9 Å². The summed E-state index contributed by atoms with van der Waals surface area (Å²) in [5, 5.41) is 8.64. The first-order chi connectivity index (χ1) is 8.70. The van der Waals surface area contributed by atoms with Gasteiger partial charge < -0.3 is 5.32 Å². The largest absolute Gasteiger partial charge is 0.309 e. The highest BCUT2D eigenvalue weighted by atomic mass is 35.5. The minimum Gasteiger partial charge on any atom is -0.309 e. The van der Waals surface area contributed by atoms with Gasteiger partial charge in [-0.25, -0.2) is 0 Å². The van der Waals surface area contributed by atoms with Crippen molar-refractivity contribution in [3.05, 3.63) is 38.8 Å². The van der Waals surface area contributed by atoms with Gasteiger partial charge >= 0.3 is 0 Å². The second-order valence-electron chi connectivity index (χ2n) is 4.78. The smallest absolute Gasteiger partial charge is 0.0815 e. The van der Waals surface area contributed by atoms with Crippen LogP contribution >= 0.6 is 22.9 Å². The van der Waals surface area contributed by atoms with E-state index in [0.717, 1.165) is 29.8 Å². The molecule has 0 aromatic carbocycles. The molecule has 18 heavy (non-hydrogen) atoms. The first-order valence-electron chi connectivity index (χ1n) is 6.21. The maximum Gasteiger partial charge on any atom is 0.0815 e. The third kappa shape index (κ3) is 2.94. The van der Waals surface area contributed by atoms with Gasteiger partial charge in [-0.1, -0.05) is 11.6 Å². The number of halogens is 1. The predicted molar refractivity (Wildman–Crippen MR) is 75.3 cm³/mol. The van der Waals surface area contributed by atoms with Crippen LogP contribution < -0.4 is 5.32 Å². The number of thiophene rings is 1. The van der Waals surface area contributed by atoms with Crippen molar-refractivity contribution in [3.63, 3.8) is 0 Å². The number of aryl methyl sites for hydroxylation is 1. The van der Waals surface area contributed by atoms with Crippen molar-refractivity contribution in [1.29, 1.82) is 0 Å². The van der Waals surface area contributed by atoms with E-state index in [-0.39, 0.29) is 0 Å². The second-order valence-corrected chi connectivity index (χ2v) is 6.44. The Morgan fingerprint density at radius 3 is 2.89 bits per heavy atom. The van der Waals surface area contributed by atoms with Crippen LogP contribution in [0.15, 0.2) is 18.3 Å². The van der Waals surface area contributed by atoms with Gasteiger partial charge in [0.1, 0.15) is 0 Å². The quantitative estimate of drug-likeness (QED) is 0.912. The van der Waals surface area contributed by atoms with E-state index in [4.69, 9.17) is 11.6 Å². The molecule has 0 amide bonds. The van der Waals surface area contributed by atoms with Crippen molar-refractivity contribution < 1.29 is 0 Å². The fraction of sp³-hybridized carbons (Fsp3) is 0.462. The van der Waals surface area contributed by atoms with Gasteiger partial charge in [-0.05, 0) is 31.9 Å². The van der Waals surface area contributed by atoms with Crippen LogP contribution in [-0.2, 0) is 13.1 Å². The average molecular weight is 282 g/mol. The van der Waals surface area contributed by atoms with E-state index < -0.39 is 0 Å². The van der Waals surface area contributed by atoms with Gasteiger partial charge in [0, 0.05) is 28.5 Å². The third-order valence-electron chi connectivity index (χ3n) is 3.06. The molecular formula is C13H16ClN3S. The van der Waals surface area contributed by atoms with Crippen LogP contribution in [0.3, 0.4) is 0 Å². The number of rotatable bonds is 5. The maximum atomic E-state index is 6.00. The van der Waals surface area contributed by atoms with E-state index in [1.54, 1.807) is 0 Å². The molecule has 0 aliphatic heterocycles. The summed E-state index contributed by atoms with van der Waals surface area (Å²) in [6.07, 6.45) is 4.56. The van der Waals surface area contributed by atoms with E-state index in [0.29, 0.717) is 0 Å². The standard InChI is InChI=1S/C13H16ClN3S/c1-9-13(14)8-17(16-9)7-12-5-4-11(18-12)6-15-10-2-3-10/h4-5,8,10,15H,2-3,6-7H2,1H3. The molecule has 0 radical (unpaired) electrons.